The Bertz CT molecular complexity index is 2810. The summed E-state index contributed by atoms with van der Waals surface area (Å²) in [5.74, 6) is 0. The Morgan fingerprint density at radius 2 is 1.14 bits per heavy atom. The second-order valence-electron chi connectivity index (χ2n) is 11.6. The van der Waals surface area contributed by atoms with Gasteiger partial charge in [0.1, 0.15) is 5.58 Å². The first-order valence-corrected chi connectivity index (χ1v) is 15.5. The molecule has 0 radical (unpaired) electrons. The Morgan fingerprint density at radius 3 is 2.02 bits per heavy atom. The van der Waals surface area contributed by atoms with Gasteiger partial charge in [0.2, 0.25) is 0 Å². The molecular formula is C40H21NOS. The average molecular weight is 564 g/mol. The average Bonchev–Trinajstić information content (AvgIpc) is 3.80. The normalized spacial score (nSPS) is 12.7. The maximum Gasteiger partial charge on any atom is 0.161 e. The van der Waals surface area contributed by atoms with Gasteiger partial charge in [-0.3, -0.25) is 0 Å². The second kappa shape index (κ2) is 7.71. The maximum absolute atomic E-state index is 6.87. The Kier molecular flexibility index (Phi) is 3.99. The number of nitrogens with zero attached hydrogens (tertiary/aromatic N) is 1. The first kappa shape index (κ1) is 22.2. The monoisotopic (exact) mass is 563 g/mol. The number of aromatic nitrogens is 1. The van der Waals surface area contributed by atoms with E-state index < -0.39 is 0 Å². The third-order valence-electron chi connectivity index (χ3n) is 9.52. The number of hydrogen-bond donors (Lipinski definition) is 0. The van der Waals surface area contributed by atoms with Crippen molar-refractivity contribution in [1.29, 1.82) is 0 Å². The van der Waals surface area contributed by atoms with E-state index in [9.17, 15) is 0 Å². The largest absolute Gasteiger partial charge is 0.454 e. The minimum Gasteiger partial charge on any atom is -0.454 e. The Hall–Kier alpha value is -5.38. The number of hydrogen-bond acceptors (Lipinski definition) is 2. The van der Waals surface area contributed by atoms with Crippen LogP contribution in [0.1, 0.15) is 0 Å². The molecule has 0 saturated carbocycles. The van der Waals surface area contributed by atoms with E-state index in [1.807, 2.05) is 11.3 Å². The predicted octanol–water partition coefficient (Wildman–Crippen LogP) is 11.9. The van der Waals surface area contributed by atoms with Crippen LogP contribution in [0.15, 0.2) is 132 Å². The fraction of sp³-hybridized carbons (Fsp3) is 0. The van der Waals surface area contributed by atoms with Crippen molar-refractivity contribution in [3.8, 4) is 27.9 Å². The molecule has 0 spiro atoms. The highest BCUT2D eigenvalue weighted by atomic mass is 32.1. The van der Waals surface area contributed by atoms with Crippen LogP contribution < -0.4 is 0 Å². The third kappa shape index (κ3) is 2.61. The topological polar surface area (TPSA) is 18.1 Å². The van der Waals surface area contributed by atoms with Crippen molar-refractivity contribution in [2.75, 3.05) is 0 Å². The van der Waals surface area contributed by atoms with Crippen molar-refractivity contribution in [2.45, 2.75) is 0 Å². The first-order valence-electron chi connectivity index (χ1n) is 14.7. The summed E-state index contributed by atoms with van der Waals surface area (Å²) < 4.78 is 12.0. The minimum absolute atomic E-state index is 0.927. The maximum atomic E-state index is 6.87. The zero-order valence-electron chi connectivity index (χ0n) is 22.9. The zero-order chi connectivity index (χ0) is 27.8. The van der Waals surface area contributed by atoms with Crippen LogP contribution in [0.25, 0.3) is 103 Å². The molecule has 198 valence electrons. The van der Waals surface area contributed by atoms with Crippen LogP contribution in [0.2, 0.25) is 0 Å². The molecular weight excluding hydrogens is 543 g/mol. The van der Waals surface area contributed by atoms with Gasteiger partial charge in [-0.25, -0.2) is 0 Å². The standard InChI is InChI=1S/C40H21NOS/c1-2-11-23-22(10-1)24-15-9-16-26-31(21-20-25(23)34(24)26)41-30-17-6-3-12-27(30)35-36-29-14-5-8-19-33(29)43-40(36)37-28-13-4-7-18-32(28)42-39(37)38(35)41/h1-21H. The molecule has 3 aromatic heterocycles. The Balaban J connectivity index is 1.43. The van der Waals surface area contributed by atoms with E-state index in [-0.39, 0.29) is 0 Å². The van der Waals surface area contributed by atoms with Crippen molar-refractivity contribution in [3.63, 3.8) is 0 Å². The van der Waals surface area contributed by atoms with Gasteiger partial charge in [-0.05, 0) is 51.9 Å². The van der Waals surface area contributed by atoms with E-state index in [0.29, 0.717) is 0 Å². The van der Waals surface area contributed by atoms with Gasteiger partial charge in [-0.1, -0.05) is 103 Å². The molecule has 1 aliphatic carbocycles. The van der Waals surface area contributed by atoms with E-state index in [4.69, 9.17) is 4.42 Å². The van der Waals surface area contributed by atoms with Crippen molar-refractivity contribution in [1.82, 2.24) is 4.57 Å². The third-order valence-corrected chi connectivity index (χ3v) is 10.7. The highest BCUT2D eigenvalue weighted by Gasteiger charge is 2.27. The summed E-state index contributed by atoms with van der Waals surface area (Å²) in [6.45, 7) is 0. The quantitative estimate of drug-likeness (QED) is 0.194. The van der Waals surface area contributed by atoms with E-state index in [1.54, 1.807) is 0 Å². The van der Waals surface area contributed by atoms with E-state index in [0.717, 1.165) is 16.7 Å². The molecule has 3 heterocycles. The molecule has 1 aliphatic rings. The van der Waals surface area contributed by atoms with Gasteiger partial charge < -0.3 is 8.98 Å². The number of benzene rings is 7. The summed E-state index contributed by atoms with van der Waals surface area (Å²) in [6.07, 6.45) is 0. The van der Waals surface area contributed by atoms with E-state index >= 15 is 0 Å². The van der Waals surface area contributed by atoms with Crippen LogP contribution in [0.4, 0.5) is 0 Å². The van der Waals surface area contributed by atoms with Crippen molar-refractivity contribution < 1.29 is 4.42 Å². The SMILES string of the molecule is c1ccc2c(c1)-c1cccc3c(-n4c5ccccc5c5c6c7ccccc7sc6c6c7ccccc7oc6c54)ccc-2c13. The molecule has 0 bridgehead atoms. The van der Waals surface area contributed by atoms with Crippen molar-refractivity contribution in [2.24, 2.45) is 0 Å². The molecule has 0 aliphatic heterocycles. The molecule has 3 heteroatoms. The molecule has 0 unspecified atom stereocenters. The fourth-order valence-corrected chi connectivity index (χ4v) is 9.12. The number of para-hydroxylation sites is 2. The lowest BCUT2D eigenvalue weighted by molar-refractivity contribution is 0.671. The summed E-state index contributed by atoms with van der Waals surface area (Å²) in [5.41, 5.74) is 10.6. The number of fused-ring (bicyclic) bond motifs is 15. The van der Waals surface area contributed by atoms with Gasteiger partial charge in [0, 0.05) is 47.1 Å². The van der Waals surface area contributed by atoms with E-state index in [2.05, 4.69) is 132 Å². The van der Waals surface area contributed by atoms with E-state index in [1.165, 1.54) is 85.9 Å². The van der Waals surface area contributed by atoms with Crippen LogP contribution in [0.5, 0.6) is 0 Å². The molecule has 2 nitrogen and oxygen atoms in total. The summed E-state index contributed by atoms with van der Waals surface area (Å²) >= 11 is 1.88. The number of rotatable bonds is 1. The van der Waals surface area contributed by atoms with Gasteiger partial charge in [-0.2, -0.15) is 0 Å². The van der Waals surface area contributed by atoms with Gasteiger partial charge in [0.25, 0.3) is 0 Å². The fourth-order valence-electron chi connectivity index (χ4n) is 7.85. The molecule has 7 aromatic carbocycles. The second-order valence-corrected chi connectivity index (χ2v) is 12.6. The molecule has 10 aromatic rings. The lowest BCUT2D eigenvalue weighted by Crippen LogP contribution is -1.96. The zero-order valence-corrected chi connectivity index (χ0v) is 23.7. The summed E-state index contributed by atoms with van der Waals surface area (Å²) in [5, 5.41) is 10.1. The summed E-state index contributed by atoms with van der Waals surface area (Å²) in [6, 6.07) is 46.4. The minimum atomic E-state index is 0.927. The highest BCUT2D eigenvalue weighted by Crippen LogP contribution is 2.52. The molecule has 43 heavy (non-hydrogen) atoms. The van der Waals surface area contributed by atoms with Gasteiger partial charge >= 0.3 is 0 Å². The van der Waals surface area contributed by atoms with Crippen LogP contribution in [-0.2, 0) is 0 Å². The van der Waals surface area contributed by atoms with Crippen molar-refractivity contribution in [3.05, 3.63) is 127 Å². The van der Waals surface area contributed by atoms with Crippen LogP contribution in [0, 0.1) is 0 Å². The molecule has 0 amide bonds. The van der Waals surface area contributed by atoms with Crippen LogP contribution in [0.3, 0.4) is 0 Å². The molecule has 0 fully saturated rings. The lowest BCUT2D eigenvalue weighted by Gasteiger charge is -2.13. The number of thiophene rings is 1. The first-order chi connectivity index (χ1) is 21.4. The van der Waals surface area contributed by atoms with Crippen molar-refractivity contribution >= 4 is 86.0 Å². The Morgan fingerprint density at radius 1 is 0.465 bits per heavy atom. The Labute approximate surface area is 249 Å². The molecule has 11 rings (SSSR count). The molecule has 0 atom stereocenters. The number of furan rings is 1. The summed E-state index contributed by atoms with van der Waals surface area (Å²) in [7, 11) is 0. The van der Waals surface area contributed by atoms with Gasteiger partial charge in [-0.15, -0.1) is 11.3 Å². The summed E-state index contributed by atoms with van der Waals surface area (Å²) in [4.78, 5) is 0. The highest BCUT2D eigenvalue weighted by molar-refractivity contribution is 7.27. The van der Waals surface area contributed by atoms with Crippen LogP contribution >= 0.6 is 11.3 Å². The van der Waals surface area contributed by atoms with Gasteiger partial charge in [0.05, 0.1) is 16.7 Å². The predicted molar refractivity (Wildman–Crippen MR) is 183 cm³/mol. The smallest absolute Gasteiger partial charge is 0.161 e. The van der Waals surface area contributed by atoms with Crippen LogP contribution in [-0.4, -0.2) is 4.57 Å². The lowest BCUT2D eigenvalue weighted by atomic mass is 10.0. The molecule has 0 saturated heterocycles. The van der Waals surface area contributed by atoms with Gasteiger partial charge in [0.15, 0.2) is 5.58 Å². The molecule has 0 N–H and O–H groups in total.